The standard InChI is InChI=1S/C27H27FN2O2/c1-2-3-6-17-31-22-15-11-20(12-16-22)27-30-25(23-7-4-5-8-26(23)32-27)18-24(29-30)19-9-13-21(28)14-10-19/h4-5,7-16,25,27H,2-3,6,17-18H2,1H3/t25-,27-/m0/s1. The molecule has 164 valence electrons. The molecule has 0 radical (unpaired) electrons. The molecule has 0 unspecified atom stereocenters. The van der Waals surface area contributed by atoms with Gasteiger partial charge < -0.3 is 9.47 Å². The van der Waals surface area contributed by atoms with Gasteiger partial charge in [-0.3, -0.25) is 0 Å². The number of ether oxygens (including phenoxy) is 2. The molecular weight excluding hydrogens is 403 g/mol. The Morgan fingerprint density at radius 3 is 2.56 bits per heavy atom. The Labute approximate surface area is 188 Å². The Morgan fingerprint density at radius 1 is 1.00 bits per heavy atom. The number of hydrogen-bond donors (Lipinski definition) is 0. The Bertz CT molecular complexity index is 1100. The largest absolute Gasteiger partial charge is 0.494 e. The van der Waals surface area contributed by atoms with Crippen molar-refractivity contribution in [3.8, 4) is 11.5 Å². The molecule has 4 nitrogen and oxygen atoms in total. The maximum Gasteiger partial charge on any atom is 0.213 e. The molecule has 2 heterocycles. The lowest BCUT2D eigenvalue weighted by atomic mass is 9.96. The third-order valence-electron chi connectivity index (χ3n) is 6.06. The average molecular weight is 431 g/mol. The molecular formula is C27H27FN2O2. The van der Waals surface area contributed by atoms with Crippen molar-refractivity contribution in [3.05, 3.63) is 95.3 Å². The smallest absolute Gasteiger partial charge is 0.213 e. The molecule has 3 aromatic carbocycles. The van der Waals surface area contributed by atoms with Gasteiger partial charge in [-0.05, 0) is 54.4 Å². The summed E-state index contributed by atoms with van der Waals surface area (Å²) in [5.41, 5.74) is 4.03. The molecule has 0 saturated heterocycles. The Morgan fingerprint density at radius 2 is 1.78 bits per heavy atom. The number of unbranched alkanes of at least 4 members (excludes halogenated alkanes) is 2. The fraction of sp³-hybridized carbons (Fsp3) is 0.296. The normalized spacial score (nSPS) is 19.1. The Kier molecular flexibility index (Phi) is 5.80. The van der Waals surface area contributed by atoms with Gasteiger partial charge in [0.05, 0.1) is 18.4 Å². The minimum atomic E-state index is -0.331. The Balaban J connectivity index is 1.42. The lowest BCUT2D eigenvalue weighted by Crippen LogP contribution is -2.33. The van der Waals surface area contributed by atoms with E-state index in [0.29, 0.717) is 0 Å². The molecule has 0 bridgehead atoms. The number of benzene rings is 3. The number of fused-ring (bicyclic) bond motifs is 3. The van der Waals surface area contributed by atoms with Crippen LogP contribution in [0.3, 0.4) is 0 Å². The van der Waals surface area contributed by atoms with Gasteiger partial charge in [-0.1, -0.05) is 50.1 Å². The molecule has 0 fully saturated rings. The van der Waals surface area contributed by atoms with Crippen molar-refractivity contribution in [1.82, 2.24) is 5.01 Å². The van der Waals surface area contributed by atoms with Crippen molar-refractivity contribution in [2.24, 2.45) is 5.10 Å². The van der Waals surface area contributed by atoms with Gasteiger partial charge in [0.1, 0.15) is 17.3 Å². The van der Waals surface area contributed by atoms with E-state index in [2.05, 4.69) is 25.1 Å². The molecule has 32 heavy (non-hydrogen) atoms. The second kappa shape index (κ2) is 9.03. The van der Waals surface area contributed by atoms with Crippen LogP contribution in [0.15, 0.2) is 77.9 Å². The first kappa shape index (κ1) is 20.6. The second-order valence-corrected chi connectivity index (χ2v) is 8.29. The maximum atomic E-state index is 13.4. The molecule has 5 rings (SSSR count). The molecule has 0 aromatic heterocycles. The van der Waals surface area contributed by atoms with Crippen molar-refractivity contribution < 1.29 is 13.9 Å². The van der Waals surface area contributed by atoms with Crippen LogP contribution >= 0.6 is 0 Å². The Hall–Kier alpha value is -3.34. The number of nitrogens with zero attached hydrogens (tertiary/aromatic N) is 2. The SMILES string of the molecule is CCCCCOc1ccc([C@@H]2Oc3ccccc3[C@@H]3CC(c4ccc(F)cc4)=NN32)cc1. The first-order valence-corrected chi connectivity index (χ1v) is 11.3. The van der Waals surface area contributed by atoms with Gasteiger partial charge in [-0.2, -0.15) is 5.10 Å². The lowest BCUT2D eigenvalue weighted by molar-refractivity contribution is -0.0190. The van der Waals surface area contributed by atoms with E-state index in [4.69, 9.17) is 14.6 Å². The third kappa shape index (κ3) is 4.07. The summed E-state index contributed by atoms with van der Waals surface area (Å²) in [6, 6.07) is 22.9. The molecule has 2 aliphatic rings. The van der Waals surface area contributed by atoms with Crippen LogP contribution in [0.1, 0.15) is 61.6 Å². The fourth-order valence-electron chi connectivity index (χ4n) is 4.34. The van der Waals surface area contributed by atoms with Gasteiger partial charge in [-0.25, -0.2) is 9.40 Å². The summed E-state index contributed by atoms with van der Waals surface area (Å²) >= 11 is 0. The second-order valence-electron chi connectivity index (χ2n) is 8.29. The van der Waals surface area contributed by atoms with E-state index in [1.54, 1.807) is 12.1 Å². The van der Waals surface area contributed by atoms with Crippen molar-refractivity contribution >= 4 is 5.71 Å². The fourth-order valence-corrected chi connectivity index (χ4v) is 4.34. The monoisotopic (exact) mass is 430 g/mol. The number of halogens is 1. The average Bonchev–Trinajstić information content (AvgIpc) is 3.28. The summed E-state index contributed by atoms with van der Waals surface area (Å²) in [7, 11) is 0. The highest BCUT2D eigenvalue weighted by atomic mass is 19.1. The quantitative estimate of drug-likeness (QED) is 0.394. The summed E-state index contributed by atoms with van der Waals surface area (Å²) in [6.45, 7) is 2.92. The molecule has 2 aliphatic heterocycles. The van der Waals surface area contributed by atoms with Gasteiger partial charge in [0.15, 0.2) is 0 Å². The van der Waals surface area contributed by atoms with E-state index in [9.17, 15) is 4.39 Å². The first-order valence-electron chi connectivity index (χ1n) is 11.3. The summed E-state index contributed by atoms with van der Waals surface area (Å²) < 4.78 is 25.7. The maximum absolute atomic E-state index is 13.4. The zero-order valence-corrected chi connectivity index (χ0v) is 18.2. The van der Waals surface area contributed by atoms with Crippen molar-refractivity contribution in [3.63, 3.8) is 0 Å². The summed E-state index contributed by atoms with van der Waals surface area (Å²) in [4.78, 5) is 0. The van der Waals surface area contributed by atoms with E-state index >= 15 is 0 Å². The van der Waals surface area contributed by atoms with Crippen LogP contribution in [0.5, 0.6) is 11.5 Å². The molecule has 0 saturated carbocycles. The van der Waals surface area contributed by atoms with Gasteiger partial charge >= 0.3 is 0 Å². The molecule has 5 heteroatoms. The van der Waals surface area contributed by atoms with E-state index < -0.39 is 0 Å². The highest BCUT2D eigenvalue weighted by Gasteiger charge is 2.40. The van der Waals surface area contributed by atoms with Crippen LogP contribution in [0.4, 0.5) is 4.39 Å². The predicted octanol–water partition coefficient (Wildman–Crippen LogP) is 6.64. The zero-order valence-electron chi connectivity index (χ0n) is 18.2. The molecule has 3 aromatic rings. The molecule has 0 aliphatic carbocycles. The van der Waals surface area contributed by atoms with Gasteiger partial charge in [0, 0.05) is 17.5 Å². The predicted molar refractivity (Wildman–Crippen MR) is 123 cm³/mol. The molecule has 0 spiro atoms. The minimum Gasteiger partial charge on any atom is -0.494 e. The highest BCUT2D eigenvalue weighted by Crippen LogP contribution is 2.47. The van der Waals surface area contributed by atoms with Crippen LogP contribution in [-0.4, -0.2) is 17.3 Å². The first-order chi connectivity index (χ1) is 15.7. The summed E-state index contributed by atoms with van der Waals surface area (Å²) in [5, 5.41) is 6.97. The van der Waals surface area contributed by atoms with Crippen LogP contribution in [-0.2, 0) is 0 Å². The van der Waals surface area contributed by atoms with Crippen LogP contribution in [0.2, 0.25) is 0 Å². The number of hydrogen-bond acceptors (Lipinski definition) is 4. The van der Waals surface area contributed by atoms with Crippen LogP contribution in [0, 0.1) is 5.82 Å². The minimum absolute atomic E-state index is 0.0787. The van der Waals surface area contributed by atoms with E-state index in [1.807, 2.05) is 35.3 Å². The molecule has 0 N–H and O–H groups in total. The highest BCUT2D eigenvalue weighted by molar-refractivity contribution is 6.01. The number of para-hydroxylation sites is 1. The number of hydrazone groups is 1. The molecule has 2 atom stereocenters. The van der Waals surface area contributed by atoms with E-state index in [-0.39, 0.29) is 18.1 Å². The van der Waals surface area contributed by atoms with Crippen LogP contribution < -0.4 is 9.47 Å². The summed E-state index contributed by atoms with van der Waals surface area (Å²) in [5.74, 6) is 1.51. The third-order valence-corrected chi connectivity index (χ3v) is 6.06. The van der Waals surface area contributed by atoms with E-state index in [1.165, 1.54) is 25.0 Å². The topological polar surface area (TPSA) is 34.1 Å². The van der Waals surface area contributed by atoms with Crippen molar-refractivity contribution in [1.29, 1.82) is 0 Å². The zero-order chi connectivity index (χ0) is 21.9. The summed E-state index contributed by atoms with van der Waals surface area (Å²) in [6.07, 6.45) is 3.85. The number of rotatable bonds is 7. The van der Waals surface area contributed by atoms with Crippen LogP contribution in [0.25, 0.3) is 0 Å². The van der Waals surface area contributed by atoms with E-state index in [0.717, 1.165) is 53.3 Å². The lowest BCUT2D eigenvalue weighted by Gasteiger charge is -2.38. The van der Waals surface area contributed by atoms with Gasteiger partial charge in [0.25, 0.3) is 0 Å². The van der Waals surface area contributed by atoms with Gasteiger partial charge in [-0.15, -0.1) is 0 Å². The van der Waals surface area contributed by atoms with Crippen molar-refractivity contribution in [2.45, 2.75) is 44.9 Å². The molecule has 0 amide bonds. The van der Waals surface area contributed by atoms with Gasteiger partial charge in [0.2, 0.25) is 6.23 Å². The van der Waals surface area contributed by atoms with Crippen molar-refractivity contribution in [2.75, 3.05) is 6.61 Å².